The van der Waals surface area contributed by atoms with Gasteiger partial charge in [-0.1, -0.05) is 6.07 Å². The quantitative estimate of drug-likeness (QED) is 0.840. The van der Waals surface area contributed by atoms with Crippen LogP contribution in [0.3, 0.4) is 0 Å². The number of hydrogen-bond acceptors (Lipinski definition) is 4. The molecule has 1 atom stereocenters. The molecule has 0 aliphatic carbocycles. The maximum absolute atomic E-state index is 13.2. The summed E-state index contributed by atoms with van der Waals surface area (Å²) in [4.78, 5) is -0.229. The van der Waals surface area contributed by atoms with Gasteiger partial charge in [-0.05, 0) is 30.5 Å². The Hall–Kier alpha value is -1.02. The molecule has 1 aromatic rings. The Balaban J connectivity index is 2.16. The molecular weight excluding hydrogens is 273 g/mol. The van der Waals surface area contributed by atoms with Gasteiger partial charge in [-0.25, -0.2) is 17.5 Å². The molecule has 1 unspecified atom stereocenters. The van der Waals surface area contributed by atoms with E-state index in [2.05, 4.69) is 4.72 Å². The molecule has 5 nitrogen and oxygen atoms in total. The average molecular weight is 289 g/mol. The minimum Gasteiger partial charge on any atom is -0.392 e. The zero-order chi connectivity index (χ0) is 13.9. The zero-order valence-electron chi connectivity index (χ0n) is 10.3. The van der Waals surface area contributed by atoms with Crippen LogP contribution in [0, 0.1) is 5.82 Å². The summed E-state index contributed by atoms with van der Waals surface area (Å²) >= 11 is 0. The largest absolute Gasteiger partial charge is 0.392 e. The molecular formula is C12H16FNO4S. The van der Waals surface area contributed by atoms with E-state index in [9.17, 15) is 12.8 Å². The number of nitrogens with one attached hydrogen (secondary N) is 1. The molecule has 7 heteroatoms. The molecule has 0 radical (unpaired) electrons. The third-order valence-electron chi connectivity index (χ3n) is 3.01. The van der Waals surface area contributed by atoms with Crippen molar-refractivity contribution in [3.8, 4) is 0 Å². The number of hydrogen-bond donors (Lipinski definition) is 2. The molecule has 1 aliphatic heterocycles. The highest BCUT2D eigenvalue weighted by atomic mass is 32.2. The zero-order valence-corrected chi connectivity index (χ0v) is 11.1. The molecule has 0 spiro atoms. The van der Waals surface area contributed by atoms with Gasteiger partial charge < -0.3 is 9.84 Å². The number of ether oxygens (including phenoxy) is 1. The van der Waals surface area contributed by atoms with E-state index in [4.69, 9.17) is 9.84 Å². The molecule has 0 saturated carbocycles. The minimum absolute atomic E-state index is 0.138. The molecule has 0 aromatic heterocycles. The fourth-order valence-electron chi connectivity index (χ4n) is 1.99. The van der Waals surface area contributed by atoms with Crippen molar-refractivity contribution in [2.24, 2.45) is 0 Å². The highest BCUT2D eigenvalue weighted by molar-refractivity contribution is 7.89. The fraction of sp³-hybridized carbons (Fsp3) is 0.500. The Morgan fingerprint density at radius 3 is 2.89 bits per heavy atom. The average Bonchev–Trinajstić information content (AvgIpc) is 2.89. The molecule has 1 heterocycles. The van der Waals surface area contributed by atoms with E-state index < -0.39 is 22.4 Å². The van der Waals surface area contributed by atoms with Gasteiger partial charge in [-0.3, -0.25) is 0 Å². The monoisotopic (exact) mass is 289 g/mol. The molecule has 1 aromatic carbocycles. The summed E-state index contributed by atoms with van der Waals surface area (Å²) in [5.41, 5.74) is 0.168. The number of aliphatic hydroxyl groups is 1. The van der Waals surface area contributed by atoms with Crippen LogP contribution in [0.25, 0.3) is 0 Å². The summed E-state index contributed by atoms with van der Waals surface area (Å²) in [6, 6.07) is 3.28. The first-order valence-corrected chi connectivity index (χ1v) is 7.52. The molecule has 1 fully saturated rings. The Morgan fingerprint density at radius 1 is 1.47 bits per heavy atom. The summed E-state index contributed by atoms with van der Waals surface area (Å²) < 4.78 is 45.0. The van der Waals surface area contributed by atoms with Crippen molar-refractivity contribution < 1.29 is 22.7 Å². The third-order valence-corrected chi connectivity index (χ3v) is 4.52. The standard InChI is InChI=1S/C12H16FNO4S/c13-10-4-3-9(8-15)12(6-10)19(16,17)14-7-11-2-1-5-18-11/h3-4,6,11,14-15H,1-2,5,7-8H2. The smallest absolute Gasteiger partial charge is 0.241 e. The van der Waals surface area contributed by atoms with Crippen LogP contribution in [0.5, 0.6) is 0 Å². The van der Waals surface area contributed by atoms with Crippen molar-refractivity contribution in [1.29, 1.82) is 0 Å². The van der Waals surface area contributed by atoms with Crippen LogP contribution in [0.4, 0.5) is 4.39 Å². The molecule has 0 bridgehead atoms. The normalized spacial score (nSPS) is 19.8. The Morgan fingerprint density at radius 2 is 2.26 bits per heavy atom. The first-order valence-electron chi connectivity index (χ1n) is 6.03. The van der Waals surface area contributed by atoms with Crippen LogP contribution in [0.1, 0.15) is 18.4 Å². The summed E-state index contributed by atoms with van der Waals surface area (Å²) in [6.45, 7) is 0.328. The number of halogens is 1. The van der Waals surface area contributed by atoms with Crippen LogP contribution in [-0.4, -0.2) is 32.8 Å². The second kappa shape index (κ2) is 5.96. The van der Waals surface area contributed by atoms with Crippen molar-refractivity contribution in [2.75, 3.05) is 13.2 Å². The molecule has 19 heavy (non-hydrogen) atoms. The van der Waals surface area contributed by atoms with E-state index in [0.717, 1.165) is 25.0 Å². The summed E-state index contributed by atoms with van der Waals surface area (Å²) in [6.07, 6.45) is 1.58. The van der Waals surface area contributed by atoms with Crippen molar-refractivity contribution in [2.45, 2.75) is 30.4 Å². The predicted octanol–water partition coefficient (Wildman–Crippen LogP) is 0.775. The van der Waals surface area contributed by atoms with Gasteiger partial charge in [0.25, 0.3) is 0 Å². The lowest BCUT2D eigenvalue weighted by Crippen LogP contribution is -2.32. The van der Waals surface area contributed by atoms with Crippen molar-refractivity contribution in [3.05, 3.63) is 29.6 Å². The van der Waals surface area contributed by atoms with E-state index in [1.54, 1.807) is 0 Å². The second-order valence-corrected chi connectivity index (χ2v) is 6.13. The molecule has 2 N–H and O–H groups in total. The summed E-state index contributed by atoms with van der Waals surface area (Å²) in [5, 5.41) is 9.11. The van der Waals surface area contributed by atoms with E-state index in [1.165, 1.54) is 6.07 Å². The lowest BCUT2D eigenvalue weighted by atomic mass is 10.2. The maximum Gasteiger partial charge on any atom is 0.241 e. The van der Waals surface area contributed by atoms with E-state index in [1.807, 2.05) is 0 Å². The minimum atomic E-state index is -3.84. The molecule has 2 rings (SSSR count). The fourth-order valence-corrected chi connectivity index (χ4v) is 3.30. The van der Waals surface area contributed by atoms with Gasteiger partial charge >= 0.3 is 0 Å². The van der Waals surface area contributed by atoms with Gasteiger partial charge in [0.1, 0.15) is 5.82 Å². The lowest BCUT2D eigenvalue weighted by molar-refractivity contribution is 0.114. The van der Waals surface area contributed by atoms with Gasteiger partial charge in [-0.15, -0.1) is 0 Å². The predicted molar refractivity (Wildman–Crippen MR) is 66.5 cm³/mol. The van der Waals surface area contributed by atoms with Crippen molar-refractivity contribution in [1.82, 2.24) is 4.72 Å². The van der Waals surface area contributed by atoms with Crippen LogP contribution in [-0.2, 0) is 21.4 Å². The van der Waals surface area contributed by atoms with Crippen LogP contribution >= 0.6 is 0 Å². The summed E-state index contributed by atoms with van der Waals surface area (Å²) in [5.74, 6) is -0.658. The SMILES string of the molecule is O=S(=O)(NCC1CCCO1)c1cc(F)ccc1CO. The number of rotatable bonds is 5. The highest BCUT2D eigenvalue weighted by Crippen LogP contribution is 2.18. The van der Waals surface area contributed by atoms with Gasteiger partial charge in [-0.2, -0.15) is 0 Å². The number of sulfonamides is 1. The first-order chi connectivity index (χ1) is 9.03. The first kappa shape index (κ1) is 14.4. The molecule has 1 saturated heterocycles. The van der Waals surface area contributed by atoms with Crippen LogP contribution in [0.2, 0.25) is 0 Å². The maximum atomic E-state index is 13.2. The van der Waals surface area contributed by atoms with Gasteiger partial charge in [0.15, 0.2) is 0 Å². The topological polar surface area (TPSA) is 75.6 Å². The summed E-state index contributed by atoms with van der Waals surface area (Å²) in [7, 11) is -3.84. The Labute approximate surface area is 111 Å². The Kier molecular flexibility index (Phi) is 4.51. The van der Waals surface area contributed by atoms with E-state index in [0.29, 0.717) is 6.61 Å². The number of aliphatic hydroxyl groups excluding tert-OH is 1. The second-order valence-electron chi connectivity index (χ2n) is 4.40. The highest BCUT2D eigenvalue weighted by Gasteiger charge is 2.22. The molecule has 0 amide bonds. The van der Waals surface area contributed by atoms with E-state index in [-0.39, 0.29) is 23.1 Å². The van der Waals surface area contributed by atoms with Crippen molar-refractivity contribution in [3.63, 3.8) is 0 Å². The van der Waals surface area contributed by atoms with Gasteiger partial charge in [0.05, 0.1) is 17.6 Å². The van der Waals surface area contributed by atoms with Gasteiger partial charge in [0.2, 0.25) is 10.0 Å². The van der Waals surface area contributed by atoms with Gasteiger partial charge in [0, 0.05) is 13.2 Å². The third kappa shape index (κ3) is 3.50. The van der Waals surface area contributed by atoms with Crippen LogP contribution < -0.4 is 4.72 Å². The van der Waals surface area contributed by atoms with Crippen LogP contribution in [0.15, 0.2) is 23.1 Å². The lowest BCUT2D eigenvalue weighted by Gasteiger charge is -2.13. The molecule has 1 aliphatic rings. The number of benzene rings is 1. The Bertz CT molecular complexity index is 541. The molecule has 106 valence electrons. The van der Waals surface area contributed by atoms with E-state index >= 15 is 0 Å². The van der Waals surface area contributed by atoms with Crippen molar-refractivity contribution >= 4 is 10.0 Å².